The molecule has 1 fully saturated rings. The van der Waals surface area contributed by atoms with Crippen molar-refractivity contribution in [2.75, 3.05) is 20.6 Å². The molecule has 13 heavy (non-hydrogen) atoms. The minimum Gasteiger partial charge on any atom is -0.353 e. The number of hydrogen-bond acceptors (Lipinski definition) is 2. The molecule has 1 aliphatic rings. The zero-order valence-electron chi connectivity index (χ0n) is 8.01. The molecule has 1 heterocycles. The lowest BCUT2D eigenvalue weighted by molar-refractivity contribution is -0.118. The van der Waals surface area contributed by atoms with Gasteiger partial charge in [-0.25, -0.2) is 4.39 Å². The zero-order chi connectivity index (χ0) is 9.84. The molecule has 0 spiro atoms. The highest BCUT2D eigenvalue weighted by Crippen LogP contribution is 2.17. The Morgan fingerprint density at radius 3 is 2.85 bits per heavy atom. The summed E-state index contributed by atoms with van der Waals surface area (Å²) in [5.74, 6) is -1.32. The number of carbonyl (C=O) groups excluding carboxylic acids is 1. The molecule has 0 aromatic carbocycles. The van der Waals surface area contributed by atoms with E-state index in [0.29, 0.717) is 0 Å². The number of halogens is 1. The number of hydrogen-bond donors (Lipinski definition) is 1. The molecule has 4 heteroatoms. The first-order chi connectivity index (χ1) is 6.15. The van der Waals surface area contributed by atoms with E-state index >= 15 is 0 Å². The lowest BCUT2D eigenvalue weighted by atomic mass is 10.2. The molecule has 0 aromatic rings. The highest BCUT2D eigenvalue weighted by atomic mass is 19.1. The molecule has 0 bridgehead atoms. The summed E-state index contributed by atoms with van der Waals surface area (Å²) in [4.78, 5) is 12.9. The van der Waals surface area contributed by atoms with Gasteiger partial charge in [0.25, 0.3) is 5.91 Å². The van der Waals surface area contributed by atoms with E-state index < -0.39 is 11.7 Å². The number of likely N-dealkylation sites (N-methyl/N-ethyl adjacent to an activating group) is 2. The maximum atomic E-state index is 13.0. The molecule has 1 saturated heterocycles. The first kappa shape index (κ1) is 10.2. The van der Waals surface area contributed by atoms with Crippen LogP contribution in [0.25, 0.3) is 0 Å². The van der Waals surface area contributed by atoms with E-state index in [1.165, 1.54) is 13.1 Å². The molecule has 3 nitrogen and oxygen atoms in total. The summed E-state index contributed by atoms with van der Waals surface area (Å²) in [6.45, 7) is 0.974. The van der Waals surface area contributed by atoms with Crippen molar-refractivity contribution in [3.8, 4) is 0 Å². The fraction of sp³-hybridized carbons (Fsp3) is 0.667. The maximum absolute atomic E-state index is 13.0. The van der Waals surface area contributed by atoms with Gasteiger partial charge in [0.2, 0.25) is 0 Å². The van der Waals surface area contributed by atoms with Gasteiger partial charge in [0.1, 0.15) is 0 Å². The van der Waals surface area contributed by atoms with Crippen LogP contribution >= 0.6 is 0 Å². The van der Waals surface area contributed by atoms with E-state index in [9.17, 15) is 9.18 Å². The van der Waals surface area contributed by atoms with Crippen LogP contribution in [-0.4, -0.2) is 37.5 Å². The Morgan fingerprint density at radius 2 is 2.38 bits per heavy atom. The molecule has 0 aliphatic carbocycles. The average Bonchev–Trinajstić information content (AvgIpc) is 2.50. The van der Waals surface area contributed by atoms with E-state index in [1.54, 1.807) is 0 Å². The highest BCUT2D eigenvalue weighted by Gasteiger charge is 2.20. The van der Waals surface area contributed by atoms with Gasteiger partial charge in [-0.15, -0.1) is 0 Å². The Morgan fingerprint density at radius 1 is 1.69 bits per heavy atom. The van der Waals surface area contributed by atoms with Gasteiger partial charge >= 0.3 is 0 Å². The molecule has 0 aromatic heterocycles. The van der Waals surface area contributed by atoms with Crippen molar-refractivity contribution < 1.29 is 9.18 Å². The normalized spacial score (nSPS) is 24.8. The Kier molecular flexibility index (Phi) is 3.42. The van der Waals surface area contributed by atoms with E-state index in [0.717, 1.165) is 19.4 Å². The Bertz CT molecular complexity index is 228. The topological polar surface area (TPSA) is 32.3 Å². The summed E-state index contributed by atoms with van der Waals surface area (Å²) < 4.78 is 13.0. The SMILES string of the molecule is CNC(=O)/C(F)=C/[C@H]1CCCN1C. The second kappa shape index (κ2) is 4.37. The lowest BCUT2D eigenvalue weighted by Crippen LogP contribution is -2.25. The monoisotopic (exact) mass is 186 g/mol. The largest absolute Gasteiger partial charge is 0.353 e. The molecule has 0 radical (unpaired) electrons. The number of likely N-dealkylation sites (tertiary alicyclic amines) is 1. The van der Waals surface area contributed by atoms with Crippen LogP contribution in [-0.2, 0) is 4.79 Å². The van der Waals surface area contributed by atoms with Gasteiger partial charge in [0, 0.05) is 13.1 Å². The standard InChI is InChI=1S/C9H15FN2O/c1-11-9(13)8(10)6-7-4-3-5-12(7)2/h6-7H,3-5H2,1-2H3,(H,11,13)/b8-6-/t7-/m1/s1. The second-order valence-corrected chi connectivity index (χ2v) is 3.28. The van der Waals surface area contributed by atoms with Gasteiger partial charge in [-0.3, -0.25) is 9.69 Å². The van der Waals surface area contributed by atoms with Crippen LogP contribution in [0.15, 0.2) is 11.9 Å². The van der Waals surface area contributed by atoms with Crippen LogP contribution in [0.5, 0.6) is 0 Å². The first-order valence-corrected chi connectivity index (χ1v) is 4.45. The Labute approximate surface area is 77.6 Å². The first-order valence-electron chi connectivity index (χ1n) is 4.45. The van der Waals surface area contributed by atoms with Gasteiger partial charge in [-0.05, 0) is 32.5 Å². The smallest absolute Gasteiger partial charge is 0.279 e. The molecule has 1 aliphatic heterocycles. The van der Waals surface area contributed by atoms with E-state index in [4.69, 9.17) is 0 Å². The minimum atomic E-state index is -0.679. The van der Waals surface area contributed by atoms with Crippen LogP contribution in [0.4, 0.5) is 4.39 Å². The Hall–Kier alpha value is -0.900. The summed E-state index contributed by atoms with van der Waals surface area (Å²) in [7, 11) is 3.36. The number of carbonyl (C=O) groups is 1. The number of rotatable bonds is 2. The highest BCUT2D eigenvalue weighted by molar-refractivity contribution is 5.90. The summed E-state index contributed by atoms with van der Waals surface area (Å²) in [5, 5.41) is 2.25. The van der Waals surface area contributed by atoms with Crippen molar-refractivity contribution in [3.05, 3.63) is 11.9 Å². The predicted molar refractivity (Wildman–Crippen MR) is 48.9 cm³/mol. The summed E-state index contributed by atoms with van der Waals surface area (Å²) in [5.41, 5.74) is 0. The van der Waals surface area contributed by atoms with Crippen LogP contribution < -0.4 is 5.32 Å². The third kappa shape index (κ3) is 2.52. The van der Waals surface area contributed by atoms with Gasteiger partial charge in [-0.2, -0.15) is 0 Å². The number of nitrogens with zero attached hydrogens (tertiary/aromatic N) is 1. The van der Waals surface area contributed by atoms with Crippen LogP contribution in [0.2, 0.25) is 0 Å². The third-order valence-corrected chi connectivity index (χ3v) is 2.36. The second-order valence-electron chi connectivity index (χ2n) is 3.28. The van der Waals surface area contributed by atoms with Gasteiger partial charge in [0.05, 0.1) is 0 Å². The van der Waals surface area contributed by atoms with Crippen molar-refractivity contribution in [3.63, 3.8) is 0 Å². The quantitative estimate of drug-likeness (QED) is 0.643. The van der Waals surface area contributed by atoms with Gasteiger partial charge in [0.15, 0.2) is 5.83 Å². The van der Waals surface area contributed by atoms with E-state index in [1.807, 2.05) is 11.9 Å². The van der Waals surface area contributed by atoms with Crippen molar-refractivity contribution in [1.29, 1.82) is 0 Å². The summed E-state index contributed by atoms with van der Waals surface area (Å²) >= 11 is 0. The average molecular weight is 186 g/mol. The third-order valence-electron chi connectivity index (χ3n) is 2.36. The Balaban J connectivity index is 2.58. The molecular weight excluding hydrogens is 171 g/mol. The van der Waals surface area contributed by atoms with Gasteiger partial charge < -0.3 is 5.32 Å². The lowest BCUT2D eigenvalue weighted by Gasteiger charge is -2.14. The molecule has 1 amide bonds. The minimum absolute atomic E-state index is 0.0808. The predicted octanol–water partition coefficient (Wildman–Crippen LogP) is 0.680. The molecule has 1 rings (SSSR count). The molecule has 1 atom stereocenters. The number of amides is 1. The van der Waals surface area contributed by atoms with Crippen LogP contribution in [0.3, 0.4) is 0 Å². The van der Waals surface area contributed by atoms with Crippen LogP contribution in [0.1, 0.15) is 12.8 Å². The molecule has 0 saturated carbocycles. The maximum Gasteiger partial charge on any atom is 0.279 e. The number of nitrogens with one attached hydrogen (secondary N) is 1. The fourth-order valence-corrected chi connectivity index (χ4v) is 1.51. The molecule has 0 unspecified atom stereocenters. The van der Waals surface area contributed by atoms with E-state index in [-0.39, 0.29) is 6.04 Å². The summed E-state index contributed by atoms with van der Waals surface area (Å²) in [6.07, 6.45) is 3.39. The van der Waals surface area contributed by atoms with Crippen molar-refractivity contribution in [2.24, 2.45) is 0 Å². The molecular formula is C9H15FN2O. The molecule has 74 valence electrons. The van der Waals surface area contributed by atoms with Crippen molar-refractivity contribution >= 4 is 5.91 Å². The van der Waals surface area contributed by atoms with Gasteiger partial charge in [-0.1, -0.05) is 0 Å². The molecule has 1 N–H and O–H groups in total. The van der Waals surface area contributed by atoms with Crippen LogP contribution in [0, 0.1) is 0 Å². The van der Waals surface area contributed by atoms with E-state index in [2.05, 4.69) is 5.32 Å². The fourth-order valence-electron chi connectivity index (χ4n) is 1.51. The summed E-state index contributed by atoms with van der Waals surface area (Å²) in [6, 6.07) is 0.0808. The van der Waals surface area contributed by atoms with Crippen molar-refractivity contribution in [2.45, 2.75) is 18.9 Å². The van der Waals surface area contributed by atoms with Crippen molar-refractivity contribution in [1.82, 2.24) is 10.2 Å². The zero-order valence-corrected chi connectivity index (χ0v) is 8.01.